The number of halogens is 2. The molecule has 0 aliphatic heterocycles. The highest BCUT2D eigenvalue weighted by molar-refractivity contribution is 6.35. The quantitative estimate of drug-likeness (QED) is 0.885. The third kappa shape index (κ3) is 4.47. The van der Waals surface area contributed by atoms with Crippen LogP contribution in [0.1, 0.15) is 19.4 Å². The molecule has 0 spiro atoms. The fourth-order valence-corrected chi connectivity index (χ4v) is 1.80. The third-order valence-corrected chi connectivity index (χ3v) is 3.69. The molecule has 0 saturated carbocycles. The molecule has 0 saturated heterocycles. The van der Waals surface area contributed by atoms with Crippen molar-refractivity contribution in [2.75, 3.05) is 20.6 Å². The van der Waals surface area contributed by atoms with Gasteiger partial charge in [-0.05, 0) is 45.6 Å². The predicted molar refractivity (Wildman–Crippen MR) is 75.9 cm³/mol. The summed E-state index contributed by atoms with van der Waals surface area (Å²) in [6.45, 7) is 6.05. The van der Waals surface area contributed by atoms with Gasteiger partial charge in [0.1, 0.15) is 0 Å². The summed E-state index contributed by atoms with van der Waals surface area (Å²) < 4.78 is 0. The number of rotatable bonds is 5. The average molecular weight is 275 g/mol. The number of benzene rings is 1. The van der Waals surface area contributed by atoms with Crippen molar-refractivity contribution in [3.63, 3.8) is 0 Å². The molecule has 1 aromatic rings. The molecule has 17 heavy (non-hydrogen) atoms. The molecular formula is C13H20Cl2N2. The molecule has 1 N–H and O–H groups in total. The van der Waals surface area contributed by atoms with Crippen LogP contribution in [0.4, 0.5) is 0 Å². The molecule has 96 valence electrons. The minimum atomic E-state index is 0.124. The number of hydrogen-bond donors (Lipinski definition) is 1. The van der Waals surface area contributed by atoms with Crippen molar-refractivity contribution >= 4 is 23.2 Å². The van der Waals surface area contributed by atoms with Gasteiger partial charge < -0.3 is 10.2 Å². The van der Waals surface area contributed by atoms with E-state index in [2.05, 4.69) is 38.2 Å². The molecule has 0 heterocycles. The first-order valence-electron chi connectivity index (χ1n) is 5.65. The van der Waals surface area contributed by atoms with Gasteiger partial charge in [-0.15, -0.1) is 0 Å². The molecule has 4 heteroatoms. The van der Waals surface area contributed by atoms with Crippen LogP contribution >= 0.6 is 23.2 Å². The van der Waals surface area contributed by atoms with Gasteiger partial charge in [-0.2, -0.15) is 0 Å². The van der Waals surface area contributed by atoms with E-state index in [-0.39, 0.29) is 5.54 Å². The Hall–Kier alpha value is -0.280. The summed E-state index contributed by atoms with van der Waals surface area (Å²) >= 11 is 12.0. The van der Waals surface area contributed by atoms with Gasteiger partial charge in [-0.25, -0.2) is 0 Å². The second-order valence-electron chi connectivity index (χ2n) is 5.05. The molecule has 0 aliphatic carbocycles. The highest BCUT2D eigenvalue weighted by Gasteiger charge is 2.19. The number of likely N-dealkylation sites (N-methyl/N-ethyl adjacent to an activating group) is 1. The molecule has 2 nitrogen and oxygen atoms in total. The molecule has 1 rings (SSSR count). The van der Waals surface area contributed by atoms with E-state index >= 15 is 0 Å². The normalized spacial score (nSPS) is 12.2. The number of nitrogens with zero attached hydrogens (tertiary/aromatic N) is 1. The van der Waals surface area contributed by atoms with E-state index in [1.54, 1.807) is 6.07 Å². The summed E-state index contributed by atoms with van der Waals surface area (Å²) in [5, 5.41) is 4.80. The van der Waals surface area contributed by atoms with E-state index < -0.39 is 0 Å². The Morgan fingerprint density at radius 2 is 1.88 bits per heavy atom. The molecule has 0 unspecified atom stereocenters. The van der Waals surface area contributed by atoms with Crippen LogP contribution in [-0.4, -0.2) is 31.1 Å². The van der Waals surface area contributed by atoms with Gasteiger partial charge in [0.05, 0.1) is 0 Å². The average Bonchev–Trinajstić information content (AvgIpc) is 2.21. The van der Waals surface area contributed by atoms with Crippen molar-refractivity contribution in [3.8, 4) is 0 Å². The molecule has 0 fully saturated rings. The smallest absolute Gasteiger partial charge is 0.0465 e. The topological polar surface area (TPSA) is 15.3 Å². The Labute approximate surface area is 114 Å². The maximum atomic E-state index is 6.11. The lowest BCUT2D eigenvalue weighted by atomic mass is 10.0. The molecule has 0 radical (unpaired) electrons. The van der Waals surface area contributed by atoms with Gasteiger partial charge in [-0.1, -0.05) is 29.3 Å². The van der Waals surface area contributed by atoms with Crippen LogP contribution in [0.15, 0.2) is 18.2 Å². The molecule has 0 aliphatic rings. The van der Waals surface area contributed by atoms with Crippen molar-refractivity contribution in [2.45, 2.75) is 25.9 Å². The largest absolute Gasteiger partial charge is 0.311 e. The zero-order valence-corrected chi connectivity index (χ0v) is 12.4. The Kier molecular flexibility index (Phi) is 5.26. The fraction of sp³-hybridized carbons (Fsp3) is 0.538. The Balaban J connectivity index is 2.51. The zero-order valence-electron chi connectivity index (χ0n) is 10.8. The molecule has 1 aromatic carbocycles. The Morgan fingerprint density at radius 1 is 1.24 bits per heavy atom. The van der Waals surface area contributed by atoms with Crippen LogP contribution in [0.25, 0.3) is 0 Å². The van der Waals surface area contributed by atoms with Gasteiger partial charge in [0.25, 0.3) is 0 Å². The Bertz CT molecular complexity index is 376. The fourth-order valence-electron chi connectivity index (χ4n) is 1.33. The van der Waals surface area contributed by atoms with Crippen molar-refractivity contribution in [2.24, 2.45) is 0 Å². The second kappa shape index (κ2) is 6.05. The van der Waals surface area contributed by atoms with Crippen LogP contribution in [0.3, 0.4) is 0 Å². The lowest BCUT2D eigenvalue weighted by molar-refractivity contribution is 0.190. The number of hydrogen-bond acceptors (Lipinski definition) is 2. The summed E-state index contributed by atoms with van der Waals surface area (Å²) in [7, 11) is 4.16. The third-order valence-electron chi connectivity index (χ3n) is 3.10. The molecule has 0 aromatic heterocycles. The van der Waals surface area contributed by atoms with Gasteiger partial charge in [0, 0.05) is 28.7 Å². The maximum Gasteiger partial charge on any atom is 0.0465 e. The van der Waals surface area contributed by atoms with Crippen molar-refractivity contribution in [1.29, 1.82) is 0 Å². The van der Waals surface area contributed by atoms with Gasteiger partial charge >= 0.3 is 0 Å². The van der Waals surface area contributed by atoms with Crippen molar-refractivity contribution in [3.05, 3.63) is 33.8 Å². The SMILES string of the molecule is CN(C)C(C)(C)CNCc1ccc(Cl)cc1Cl. The predicted octanol–water partition coefficient (Wildman–Crippen LogP) is 3.42. The van der Waals surface area contributed by atoms with E-state index in [1.807, 2.05) is 12.1 Å². The van der Waals surface area contributed by atoms with Gasteiger partial charge in [0.15, 0.2) is 0 Å². The van der Waals surface area contributed by atoms with Crippen molar-refractivity contribution in [1.82, 2.24) is 10.2 Å². The first kappa shape index (κ1) is 14.8. The summed E-state index contributed by atoms with van der Waals surface area (Å²) in [6.07, 6.45) is 0. The monoisotopic (exact) mass is 274 g/mol. The second-order valence-corrected chi connectivity index (χ2v) is 5.89. The van der Waals surface area contributed by atoms with E-state index in [9.17, 15) is 0 Å². The summed E-state index contributed by atoms with van der Waals surface area (Å²) in [4.78, 5) is 2.20. The molecular weight excluding hydrogens is 255 g/mol. The van der Waals surface area contributed by atoms with E-state index in [4.69, 9.17) is 23.2 Å². The summed E-state index contributed by atoms with van der Waals surface area (Å²) in [6, 6.07) is 5.60. The summed E-state index contributed by atoms with van der Waals surface area (Å²) in [5.74, 6) is 0. The van der Waals surface area contributed by atoms with Crippen LogP contribution in [-0.2, 0) is 6.54 Å². The highest BCUT2D eigenvalue weighted by atomic mass is 35.5. The van der Waals surface area contributed by atoms with Crippen LogP contribution < -0.4 is 5.32 Å². The highest BCUT2D eigenvalue weighted by Crippen LogP contribution is 2.20. The van der Waals surface area contributed by atoms with Gasteiger partial charge in [-0.3, -0.25) is 0 Å². The maximum absolute atomic E-state index is 6.11. The summed E-state index contributed by atoms with van der Waals surface area (Å²) in [5.41, 5.74) is 1.20. The first-order valence-corrected chi connectivity index (χ1v) is 6.40. The molecule has 0 atom stereocenters. The van der Waals surface area contributed by atoms with E-state index in [1.165, 1.54) is 0 Å². The minimum Gasteiger partial charge on any atom is -0.311 e. The van der Waals surface area contributed by atoms with E-state index in [0.29, 0.717) is 10.0 Å². The zero-order chi connectivity index (χ0) is 13.1. The molecule has 0 bridgehead atoms. The van der Waals surface area contributed by atoms with E-state index in [0.717, 1.165) is 18.7 Å². The molecule has 0 amide bonds. The van der Waals surface area contributed by atoms with Crippen LogP contribution in [0.2, 0.25) is 10.0 Å². The lowest BCUT2D eigenvalue weighted by Crippen LogP contribution is -2.46. The van der Waals surface area contributed by atoms with Gasteiger partial charge in [0.2, 0.25) is 0 Å². The Morgan fingerprint density at radius 3 is 2.41 bits per heavy atom. The number of nitrogens with one attached hydrogen (secondary N) is 1. The van der Waals surface area contributed by atoms with Crippen molar-refractivity contribution < 1.29 is 0 Å². The minimum absolute atomic E-state index is 0.124. The standard InChI is InChI=1S/C13H20Cl2N2/c1-13(2,17(3)4)9-16-8-10-5-6-11(14)7-12(10)15/h5-7,16H,8-9H2,1-4H3. The van der Waals surface area contributed by atoms with Crippen LogP contribution in [0.5, 0.6) is 0 Å². The van der Waals surface area contributed by atoms with Crippen LogP contribution in [0, 0.1) is 0 Å². The first-order chi connectivity index (χ1) is 7.83. The lowest BCUT2D eigenvalue weighted by Gasteiger charge is -2.32.